The zero-order chi connectivity index (χ0) is 16.1. The van der Waals surface area contributed by atoms with Crippen molar-refractivity contribution in [2.75, 3.05) is 12.8 Å². The van der Waals surface area contributed by atoms with Crippen molar-refractivity contribution in [2.24, 2.45) is 0 Å². The maximum Gasteiger partial charge on any atom is 0.232 e. The Morgan fingerprint density at radius 3 is 2.50 bits per heavy atom. The fourth-order valence-electron chi connectivity index (χ4n) is 2.38. The van der Waals surface area contributed by atoms with E-state index in [1.54, 1.807) is 22.9 Å². The summed E-state index contributed by atoms with van der Waals surface area (Å²) in [6.07, 6.45) is 1.78. The SMILES string of the molecule is Cc1cc(C)cc(CSCC(=O)N(C)Cc2ncc(C)[nH]2)c1. The van der Waals surface area contributed by atoms with Crippen molar-refractivity contribution in [3.8, 4) is 0 Å². The van der Waals surface area contributed by atoms with Crippen LogP contribution in [-0.2, 0) is 17.1 Å². The van der Waals surface area contributed by atoms with E-state index in [2.05, 4.69) is 42.0 Å². The number of carbonyl (C=O) groups is 1. The average Bonchev–Trinajstić information content (AvgIpc) is 2.82. The van der Waals surface area contributed by atoms with Gasteiger partial charge in [0.25, 0.3) is 0 Å². The zero-order valence-electron chi connectivity index (χ0n) is 13.6. The molecule has 1 aromatic carbocycles. The van der Waals surface area contributed by atoms with Crippen molar-refractivity contribution < 1.29 is 4.79 Å². The number of nitrogens with zero attached hydrogens (tertiary/aromatic N) is 2. The van der Waals surface area contributed by atoms with Gasteiger partial charge in [-0.1, -0.05) is 29.3 Å². The number of hydrogen-bond donors (Lipinski definition) is 1. The van der Waals surface area contributed by atoms with Gasteiger partial charge >= 0.3 is 0 Å². The first-order valence-electron chi connectivity index (χ1n) is 7.33. The molecule has 5 heteroatoms. The molecule has 1 aromatic heterocycles. The number of thioether (sulfide) groups is 1. The third-order valence-electron chi connectivity index (χ3n) is 3.34. The average molecular weight is 317 g/mol. The molecule has 1 N–H and O–H groups in total. The monoisotopic (exact) mass is 317 g/mol. The van der Waals surface area contributed by atoms with Crippen LogP contribution in [-0.4, -0.2) is 33.6 Å². The van der Waals surface area contributed by atoms with Gasteiger partial charge in [-0.3, -0.25) is 4.79 Å². The minimum atomic E-state index is 0.128. The molecule has 118 valence electrons. The van der Waals surface area contributed by atoms with Crippen molar-refractivity contribution in [2.45, 2.75) is 33.1 Å². The van der Waals surface area contributed by atoms with Crippen LogP contribution in [0.3, 0.4) is 0 Å². The zero-order valence-corrected chi connectivity index (χ0v) is 14.5. The maximum atomic E-state index is 12.1. The van der Waals surface area contributed by atoms with Crippen LogP contribution >= 0.6 is 11.8 Å². The number of rotatable bonds is 6. The summed E-state index contributed by atoms with van der Waals surface area (Å²) in [6, 6.07) is 6.53. The number of nitrogens with one attached hydrogen (secondary N) is 1. The number of hydrogen-bond acceptors (Lipinski definition) is 3. The molecule has 0 aliphatic heterocycles. The summed E-state index contributed by atoms with van der Waals surface area (Å²) in [6.45, 7) is 6.69. The number of imidazole rings is 1. The normalized spacial score (nSPS) is 10.7. The van der Waals surface area contributed by atoms with Crippen LogP contribution in [0.25, 0.3) is 0 Å². The topological polar surface area (TPSA) is 49.0 Å². The fraction of sp³-hybridized carbons (Fsp3) is 0.412. The predicted molar refractivity (Wildman–Crippen MR) is 91.9 cm³/mol. The Morgan fingerprint density at radius 2 is 1.91 bits per heavy atom. The number of carbonyl (C=O) groups excluding carboxylic acids is 1. The summed E-state index contributed by atoms with van der Waals surface area (Å²) in [5, 5.41) is 0. The molecular formula is C17H23N3OS. The van der Waals surface area contributed by atoms with Crippen molar-refractivity contribution in [3.05, 3.63) is 52.6 Å². The highest BCUT2D eigenvalue weighted by atomic mass is 32.2. The molecule has 0 unspecified atom stereocenters. The van der Waals surface area contributed by atoms with E-state index in [1.807, 2.05) is 14.0 Å². The first kappa shape index (κ1) is 16.6. The van der Waals surface area contributed by atoms with E-state index in [-0.39, 0.29) is 5.91 Å². The first-order valence-corrected chi connectivity index (χ1v) is 8.49. The van der Waals surface area contributed by atoms with Crippen LogP contribution < -0.4 is 0 Å². The molecule has 2 rings (SSSR count). The van der Waals surface area contributed by atoms with Gasteiger partial charge in [0, 0.05) is 24.7 Å². The third-order valence-corrected chi connectivity index (χ3v) is 4.33. The summed E-state index contributed by atoms with van der Waals surface area (Å²) in [5.74, 6) is 2.31. The summed E-state index contributed by atoms with van der Waals surface area (Å²) in [7, 11) is 1.82. The van der Waals surface area contributed by atoms with E-state index < -0.39 is 0 Å². The Hall–Kier alpha value is -1.75. The third kappa shape index (κ3) is 4.91. The number of benzene rings is 1. The van der Waals surface area contributed by atoms with Gasteiger partial charge in [-0.2, -0.15) is 0 Å². The Labute approximate surface area is 136 Å². The predicted octanol–water partition coefficient (Wildman–Crippen LogP) is 3.23. The van der Waals surface area contributed by atoms with Crippen molar-refractivity contribution >= 4 is 17.7 Å². The lowest BCUT2D eigenvalue weighted by Gasteiger charge is -2.15. The summed E-state index contributed by atoms with van der Waals surface area (Å²) in [4.78, 5) is 21.2. The van der Waals surface area contributed by atoms with Gasteiger partial charge in [-0.15, -0.1) is 11.8 Å². The summed E-state index contributed by atoms with van der Waals surface area (Å²) in [5.41, 5.74) is 4.83. The molecule has 0 saturated heterocycles. The standard InChI is InChI=1S/C17H23N3OS/c1-12-5-13(2)7-15(6-12)10-22-11-17(21)20(4)9-16-18-8-14(3)19-16/h5-8H,9-11H2,1-4H3,(H,18,19). The molecule has 0 aliphatic rings. The molecule has 0 fully saturated rings. The van der Waals surface area contributed by atoms with Crippen LogP contribution in [0.2, 0.25) is 0 Å². The highest BCUT2D eigenvalue weighted by molar-refractivity contribution is 7.99. The number of aryl methyl sites for hydroxylation is 3. The van der Waals surface area contributed by atoms with Crippen LogP contribution in [0.1, 0.15) is 28.2 Å². The van der Waals surface area contributed by atoms with Gasteiger partial charge < -0.3 is 9.88 Å². The molecule has 0 bridgehead atoms. The van der Waals surface area contributed by atoms with E-state index >= 15 is 0 Å². The van der Waals surface area contributed by atoms with Crippen molar-refractivity contribution in [3.63, 3.8) is 0 Å². The molecule has 1 amide bonds. The van der Waals surface area contributed by atoms with Crippen LogP contribution in [0, 0.1) is 20.8 Å². The molecule has 1 heterocycles. The minimum absolute atomic E-state index is 0.128. The molecule has 0 radical (unpaired) electrons. The van der Waals surface area contributed by atoms with Gasteiger partial charge in [0.2, 0.25) is 5.91 Å². The Kier molecular flexibility index (Phi) is 5.66. The van der Waals surface area contributed by atoms with E-state index in [0.717, 1.165) is 17.3 Å². The lowest BCUT2D eigenvalue weighted by molar-refractivity contribution is -0.127. The Balaban J connectivity index is 1.79. The Bertz CT molecular complexity index is 631. The summed E-state index contributed by atoms with van der Waals surface area (Å²) >= 11 is 1.65. The fourth-order valence-corrected chi connectivity index (χ4v) is 3.28. The highest BCUT2D eigenvalue weighted by Crippen LogP contribution is 2.16. The lowest BCUT2D eigenvalue weighted by Crippen LogP contribution is -2.28. The number of aromatic amines is 1. The maximum absolute atomic E-state index is 12.1. The van der Waals surface area contributed by atoms with Gasteiger partial charge in [0.15, 0.2) is 0 Å². The molecule has 22 heavy (non-hydrogen) atoms. The van der Waals surface area contributed by atoms with Gasteiger partial charge in [0.1, 0.15) is 5.82 Å². The van der Waals surface area contributed by atoms with Gasteiger partial charge in [0.05, 0.1) is 12.3 Å². The molecule has 0 saturated carbocycles. The van der Waals surface area contributed by atoms with Gasteiger partial charge in [-0.05, 0) is 26.3 Å². The van der Waals surface area contributed by atoms with Crippen molar-refractivity contribution in [1.29, 1.82) is 0 Å². The molecule has 2 aromatic rings. The van der Waals surface area contributed by atoms with E-state index in [4.69, 9.17) is 0 Å². The van der Waals surface area contributed by atoms with Crippen molar-refractivity contribution in [1.82, 2.24) is 14.9 Å². The van der Waals surface area contributed by atoms with Crippen LogP contribution in [0.5, 0.6) is 0 Å². The quantitative estimate of drug-likeness (QED) is 0.890. The second kappa shape index (κ2) is 7.49. The number of aromatic nitrogens is 2. The minimum Gasteiger partial charge on any atom is -0.345 e. The smallest absolute Gasteiger partial charge is 0.232 e. The van der Waals surface area contributed by atoms with E-state index in [0.29, 0.717) is 12.3 Å². The second-order valence-corrected chi connectivity index (χ2v) is 6.74. The second-order valence-electron chi connectivity index (χ2n) is 5.75. The summed E-state index contributed by atoms with van der Waals surface area (Å²) < 4.78 is 0. The lowest BCUT2D eigenvalue weighted by atomic mass is 10.1. The Morgan fingerprint density at radius 1 is 1.23 bits per heavy atom. The van der Waals surface area contributed by atoms with Gasteiger partial charge in [-0.25, -0.2) is 4.98 Å². The van der Waals surface area contributed by atoms with Crippen LogP contribution in [0.4, 0.5) is 0 Å². The number of amides is 1. The molecule has 0 aliphatic carbocycles. The first-order chi connectivity index (χ1) is 10.4. The number of H-pyrrole nitrogens is 1. The molecule has 4 nitrogen and oxygen atoms in total. The molecule has 0 spiro atoms. The van der Waals surface area contributed by atoms with E-state index in [1.165, 1.54) is 16.7 Å². The highest BCUT2D eigenvalue weighted by Gasteiger charge is 2.11. The molecule has 0 atom stereocenters. The van der Waals surface area contributed by atoms with Crippen LogP contribution in [0.15, 0.2) is 24.4 Å². The van der Waals surface area contributed by atoms with E-state index in [9.17, 15) is 4.79 Å². The molecular weight excluding hydrogens is 294 g/mol. The largest absolute Gasteiger partial charge is 0.345 e.